The second-order valence-corrected chi connectivity index (χ2v) is 4.64. The molecule has 0 aromatic heterocycles. The Balaban J connectivity index is 0.000000494. The normalized spacial score (nSPS) is 11.4. The van der Waals surface area contributed by atoms with Gasteiger partial charge in [-0.3, -0.25) is 9.35 Å². The molecule has 5 nitrogen and oxygen atoms in total. The summed E-state index contributed by atoms with van der Waals surface area (Å²) in [4.78, 5) is 10.5. The maximum Gasteiger partial charge on any atom is 0.416 e. The molecule has 18 heavy (non-hydrogen) atoms. The van der Waals surface area contributed by atoms with E-state index in [1.54, 1.807) is 0 Å². The molecule has 0 heterocycles. The van der Waals surface area contributed by atoms with E-state index < -0.39 is 27.8 Å². The minimum atomic E-state index is -4.44. The maximum absolute atomic E-state index is 12.1. The second-order valence-electron chi connectivity index (χ2n) is 3.18. The summed E-state index contributed by atoms with van der Waals surface area (Å²) in [6.07, 6.45) is -3.72. The summed E-state index contributed by atoms with van der Waals surface area (Å²) >= 11 is 0. The Bertz CT molecular complexity index is 517. The monoisotopic (exact) mass is 285 g/mol. The Morgan fingerprint density at radius 1 is 1.33 bits per heavy atom. The molecule has 102 valence electrons. The van der Waals surface area contributed by atoms with Crippen molar-refractivity contribution in [3.63, 3.8) is 0 Å². The number of rotatable bonds is 1. The Kier molecular flexibility index (Phi) is 5.30. The highest BCUT2D eigenvalue weighted by molar-refractivity contribution is 7.85. The molecule has 9 heteroatoms. The van der Waals surface area contributed by atoms with Gasteiger partial charge in [0.15, 0.2) is 0 Å². The molecule has 1 aromatic rings. The smallest absolute Gasteiger partial charge is 0.366 e. The number of carbonyl (C=O) groups is 1. The first-order valence-corrected chi connectivity index (χ1v) is 6.15. The number of halogens is 3. The zero-order valence-electron chi connectivity index (χ0n) is 9.10. The summed E-state index contributed by atoms with van der Waals surface area (Å²) in [6.45, 7) is 0. The van der Waals surface area contributed by atoms with E-state index in [1.807, 2.05) is 0 Å². The van der Waals surface area contributed by atoms with Crippen LogP contribution in [0.3, 0.4) is 0 Å². The number of primary amides is 1. The fraction of sp³-hybridized carbons (Fsp3) is 0.222. The van der Waals surface area contributed by atoms with Crippen LogP contribution in [0, 0.1) is 0 Å². The first-order chi connectivity index (χ1) is 7.91. The SMILES string of the molecule is CS(=O)(=O)O.NC(=O)c1cccc(C(F)(F)F)c1. The maximum atomic E-state index is 12.1. The van der Waals surface area contributed by atoms with Gasteiger partial charge in [0.25, 0.3) is 10.1 Å². The molecule has 0 aliphatic carbocycles. The molecule has 0 radical (unpaired) electrons. The van der Waals surface area contributed by atoms with Crippen LogP contribution in [0.15, 0.2) is 24.3 Å². The lowest BCUT2D eigenvalue weighted by atomic mass is 10.1. The molecule has 1 aromatic carbocycles. The third kappa shape index (κ3) is 7.63. The highest BCUT2D eigenvalue weighted by Gasteiger charge is 2.30. The van der Waals surface area contributed by atoms with Gasteiger partial charge in [-0.1, -0.05) is 6.07 Å². The van der Waals surface area contributed by atoms with Crippen molar-refractivity contribution in [3.8, 4) is 0 Å². The number of alkyl halides is 3. The average Bonchev–Trinajstić information content (AvgIpc) is 2.14. The van der Waals surface area contributed by atoms with Crippen molar-refractivity contribution in [2.75, 3.05) is 6.26 Å². The minimum Gasteiger partial charge on any atom is -0.366 e. The largest absolute Gasteiger partial charge is 0.416 e. The number of nitrogens with two attached hydrogens (primary N) is 1. The van der Waals surface area contributed by atoms with Crippen LogP contribution in [-0.2, 0) is 16.3 Å². The molecule has 0 spiro atoms. The Morgan fingerprint density at radius 2 is 1.78 bits per heavy atom. The molecule has 0 saturated heterocycles. The molecule has 0 unspecified atom stereocenters. The molecule has 0 aliphatic rings. The Morgan fingerprint density at radius 3 is 2.11 bits per heavy atom. The van der Waals surface area contributed by atoms with Crippen LogP contribution in [-0.4, -0.2) is 25.1 Å². The van der Waals surface area contributed by atoms with Gasteiger partial charge in [0.2, 0.25) is 5.91 Å². The van der Waals surface area contributed by atoms with Gasteiger partial charge in [0.05, 0.1) is 11.8 Å². The fourth-order valence-electron chi connectivity index (χ4n) is 0.849. The van der Waals surface area contributed by atoms with Crippen molar-refractivity contribution in [2.24, 2.45) is 5.73 Å². The van der Waals surface area contributed by atoms with Crippen LogP contribution >= 0.6 is 0 Å². The van der Waals surface area contributed by atoms with Crippen LogP contribution in [0.1, 0.15) is 15.9 Å². The predicted molar refractivity (Wildman–Crippen MR) is 57.4 cm³/mol. The zero-order valence-corrected chi connectivity index (χ0v) is 9.92. The van der Waals surface area contributed by atoms with E-state index in [0.717, 1.165) is 18.2 Å². The van der Waals surface area contributed by atoms with Crippen molar-refractivity contribution in [1.29, 1.82) is 0 Å². The van der Waals surface area contributed by atoms with Crippen molar-refractivity contribution in [1.82, 2.24) is 0 Å². The van der Waals surface area contributed by atoms with Crippen LogP contribution < -0.4 is 5.73 Å². The van der Waals surface area contributed by atoms with Gasteiger partial charge in [-0.25, -0.2) is 0 Å². The van der Waals surface area contributed by atoms with Crippen molar-refractivity contribution >= 4 is 16.0 Å². The topological polar surface area (TPSA) is 97.5 Å². The van der Waals surface area contributed by atoms with Crippen molar-refractivity contribution in [3.05, 3.63) is 35.4 Å². The summed E-state index contributed by atoms with van der Waals surface area (Å²) in [7, 11) is -3.67. The first kappa shape index (κ1) is 16.4. The van der Waals surface area contributed by atoms with E-state index in [1.165, 1.54) is 6.07 Å². The minimum absolute atomic E-state index is 0.144. The number of carbonyl (C=O) groups excluding carboxylic acids is 1. The average molecular weight is 285 g/mol. The lowest BCUT2D eigenvalue weighted by molar-refractivity contribution is -0.137. The van der Waals surface area contributed by atoms with Crippen LogP contribution in [0.5, 0.6) is 0 Å². The van der Waals surface area contributed by atoms with Gasteiger partial charge >= 0.3 is 6.18 Å². The molecule has 0 aliphatic heterocycles. The molecule has 3 N–H and O–H groups in total. The Labute approximate surface area is 101 Å². The van der Waals surface area contributed by atoms with Gasteiger partial charge in [-0.05, 0) is 18.2 Å². The van der Waals surface area contributed by atoms with Crippen molar-refractivity contribution in [2.45, 2.75) is 6.18 Å². The van der Waals surface area contributed by atoms with Gasteiger partial charge in [-0.15, -0.1) is 0 Å². The van der Waals surface area contributed by atoms with E-state index in [2.05, 4.69) is 0 Å². The second kappa shape index (κ2) is 5.83. The highest BCUT2D eigenvalue weighted by atomic mass is 32.2. The summed E-state index contributed by atoms with van der Waals surface area (Å²) in [6, 6.07) is 3.98. The molecule has 1 amide bonds. The van der Waals surface area contributed by atoms with E-state index in [-0.39, 0.29) is 5.56 Å². The molecular formula is C9H10F3NO4S. The third-order valence-corrected chi connectivity index (χ3v) is 1.47. The van der Waals surface area contributed by atoms with E-state index in [9.17, 15) is 26.4 Å². The van der Waals surface area contributed by atoms with Gasteiger partial charge in [0, 0.05) is 5.56 Å². The van der Waals surface area contributed by atoms with Gasteiger partial charge < -0.3 is 5.73 Å². The van der Waals surface area contributed by atoms with E-state index >= 15 is 0 Å². The van der Waals surface area contributed by atoms with E-state index in [4.69, 9.17) is 10.3 Å². The standard InChI is InChI=1S/C8H6F3NO.CH4O3S/c9-8(10,11)6-3-1-2-5(4-6)7(12)13;1-5(2,3)4/h1-4H,(H2,12,13);1H3,(H,2,3,4). The molecular weight excluding hydrogens is 275 g/mol. The van der Waals surface area contributed by atoms with Crippen LogP contribution in [0.25, 0.3) is 0 Å². The zero-order chi connectivity index (χ0) is 14.6. The molecule has 0 bridgehead atoms. The summed E-state index contributed by atoms with van der Waals surface area (Å²) < 4.78 is 62.1. The fourth-order valence-corrected chi connectivity index (χ4v) is 0.849. The highest BCUT2D eigenvalue weighted by Crippen LogP contribution is 2.29. The van der Waals surface area contributed by atoms with Crippen LogP contribution in [0.2, 0.25) is 0 Å². The molecule has 0 saturated carbocycles. The number of hydrogen-bond donors (Lipinski definition) is 2. The van der Waals surface area contributed by atoms with Gasteiger partial charge in [0.1, 0.15) is 0 Å². The van der Waals surface area contributed by atoms with Crippen molar-refractivity contribution < 1.29 is 30.9 Å². The number of hydrogen-bond acceptors (Lipinski definition) is 3. The first-order valence-electron chi connectivity index (χ1n) is 4.31. The predicted octanol–water partition coefficient (Wildman–Crippen LogP) is 1.31. The quantitative estimate of drug-likeness (QED) is 0.760. The molecule has 1 rings (SSSR count). The van der Waals surface area contributed by atoms with Crippen LogP contribution in [0.4, 0.5) is 13.2 Å². The third-order valence-electron chi connectivity index (χ3n) is 1.47. The lowest BCUT2D eigenvalue weighted by Gasteiger charge is -2.06. The number of amides is 1. The summed E-state index contributed by atoms with van der Waals surface area (Å²) in [5, 5.41) is 0. The summed E-state index contributed by atoms with van der Waals surface area (Å²) in [5.74, 6) is -0.869. The van der Waals surface area contributed by atoms with Gasteiger partial charge in [-0.2, -0.15) is 21.6 Å². The number of benzene rings is 1. The molecule has 0 atom stereocenters. The Hall–Kier alpha value is -1.61. The van der Waals surface area contributed by atoms with E-state index in [0.29, 0.717) is 6.26 Å². The molecule has 0 fully saturated rings. The lowest BCUT2D eigenvalue weighted by Crippen LogP contribution is -2.13. The summed E-state index contributed by atoms with van der Waals surface area (Å²) in [5.41, 5.74) is 3.80.